The number of fused-ring (bicyclic) bond motifs is 1. The Hall–Kier alpha value is -4.02. The maximum atomic E-state index is 12.8. The number of amides is 3. The maximum Gasteiger partial charge on any atom is 0.416 e. The van der Waals surface area contributed by atoms with E-state index in [1.807, 2.05) is 31.2 Å². The predicted molar refractivity (Wildman–Crippen MR) is 149 cm³/mol. The Morgan fingerprint density at radius 3 is 2.42 bits per heavy atom. The number of nitrogens with one attached hydrogen (secondary N) is 2. The number of carbonyl (C=O) groups is 2. The smallest absolute Gasteiger partial charge is 0.416 e. The average Bonchev–Trinajstić information content (AvgIpc) is 2.91. The van der Waals surface area contributed by atoms with Gasteiger partial charge in [-0.15, -0.1) is 0 Å². The Bertz CT molecular complexity index is 1560. The number of hydrogen-bond donors (Lipinski definition) is 2. The van der Waals surface area contributed by atoms with Gasteiger partial charge in [0.05, 0.1) is 22.8 Å². The minimum absolute atomic E-state index is 0.00998. The largest absolute Gasteiger partial charge is 0.487 e. The van der Waals surface area contributed by atoms with Crippen molar-refractivity contribution in [2.24, 2.45) is 0 Å². The standard InChI is InChI=1S/C28H23Cl2F3N4O3/c1-16-6-7-17-4-3-5-23(26(17)35-16)40-15-20-21(29)12-13-22(25(20)30)37(2)24(38)14-34-27(39)36-19-10-8-18(9-11-19)28(31,32)33/h3-13H,14-15H2,1-2H3,(H2,34,36,39). The molecule has 0 atom stereocenters. The Morgan fingerprint density at radius 2 is 1.73 bits per heavy atom. The van der Waals surface area contributed by atoms with E-state index in [9.17, 15) is 22.8 Å². The number of halogens is 5. The number of nitrogens with zero attached hydrogens (tertiary/aromatic N) is 2. The van der Waals surface area contributed by atoms with Gasteiger partial charge in [0, 0.05) is 34.4 Å². The molecular formula is C28H23Cl2F3N4O3. The van der Waals surface area contributed by atoms with Gasteiger partial charge >= 0.3 is 12.2 Å². The van der Waals surface area contributed by atoms with Crippen LogP contribution in [0.1, 0.15) is 16.8 Å². The summed E-state index contributed by atoms with van der Waals surface area (Å²) in [5, 5.41) is 6.20. The number of carbonyl (C=O) groups excluding carboxylic acids is 2. The molecule has 1 aromatic heterocycles. The van der Waals surface area contributed by atoms with Crippen LogP contribution >= 0.6 is 23.2 Å². The van der Waals surface area contributed by atoms with Crippen LogP contribution in [0.3, 0.4) is 0 Å². The number of likely N-dealkylation sites (N-methyl/N-ethyl adjacent to an activating group) is 1. The maximum absolute atomic E-state index is 12.8. The molecule has 0 aliphatic rings. The lowest BCUT2D eigenvalue weighted by molar-refractivity contribution is -0.137. The van der Waals surface area contributed by atoms with E-state index < -0.39 is 30.2 Å². The summed E-state index contributed by atoms with van der Waals surface area (Å²) < 4.78 is 44.1. The molecule has 0 saturated carbocycles. The van der Waals surface area contributed by atoms with Gasteiger partial charge in [0.25, 0.3) is 0 Å². The van der Waals surface area contributed by atoms with Crippen molar-refractivity contribution in [3.05, 3.63) is 93.6 Å². The molecule has 0 spiro atoms. The number of pyridine rings is 1. The molecule has 0 fully saturated rings. The second kappa shape index (κ2) is 12.0. The predicted octanol–water partition coefficient (Wildman–Crippen LogP) is 7.23. The summed E-state index contributed by atoms with van der Waals surface area (Å²) in [6, 6.07) is 15.7. The van der Waals surface area contributed by atoms with Crippen molar-refractivity contribution in [1.82, 2.24) is 10.3 Å². The van der Waals surface area contributed by atoms with E-state index in [0.717, 1.165) is 35.3 Å². The molecule has 3 aromatic carbocycles. The Balaban J connectivity index is 1.40. The molecule has 4 aromatic rings. The van der Waals surface area contributed by atoms with Crippen molar-refractivity contribution >= 4 is 57.4 Å². The monoisotopic (exact) mass is 590 g/mol. The van der Waals surface area contributed by atoms with E-state index in [1.54, 1.807) is 18.2 Å². The number of aryl methyl sites for hydroxylation is 1. The normalized spacial score (nSPS) is 11.3. The summed E-state index contributed by atoms with van der Waals surface area (Å²) >= 11 is 13.0. The molecule has 2 N–H and O–H groups in total. The summed E-state index contributed by atoms with van der Waals surface area (Å²) in [5.74, 6) is 0.0406. The summed E-state index contributed by atoms with van der Waals surface area (Å²) in [5.41, 5.74) is 1.61. The number of anilines is 2. The highest BCUT2D eigenvalue weighted by atomic mass is 35.5. The van der Waals surface area contributed by atoms with Crippen molar-refractivity contribution in [3.63, 3.8) is 0 Å². The van der Waals surface area contributed by atoms with E-state index >= 15 is 0 Å². The van der Waals surface area contributed by atoms with Gasteiger partial charge < -0.3 is 20.3 Å². The average molecular weight is 591 g/mol. The summed E-state index contributed by atoms with van der Waals surface area (Å²) in [6.45, 7) is 1.48. The van der Waals surface area contributed by atoms with Gasteiger partial charge in [-0.1, -0.05) is 41.4 Å². The van der Waals surface area contributed by atoms with Crippen LogP contribution in [0.2, 0.25) is 10.0 Å². The molecule has 40 heavy (non-hydrogen) atoms. The van der Waals surface area contributed by atoms with E-state index in [-0.39, 0.29) is 17.3 Å². The Labute approximate surface area is 237 Å². The number of aromatic nitrogens is 1. The third kappa shape index (κ3) is 6.75. The molecule has 0 saturated heterocycles. The lowest BCUT2D eigenvalue weighted by Gasteiger charge is -2.21. The fraction of sp³-hybridized carbons (Fsp3) is 0.179. The van der Waals surface area contributed by atoms with Gasteiger partial charge in [-0.05, 0) is 55.5 Å². The first-order chi connectivity index (χ1) is 18.9. The van der Waals surface area contributed by atoms with Gasteiger partial charge in [-0.25, -0.2) is 9.78 Å². The highest BCUT2D eigenvalue weighted by Gasteiger charge is 2.30. The van der Waals surface area contributed by atoms with Crippen molar-refractivity contribution in [1.29, 1.82) is 0 Å². The fourth-order valence-electron chi connectivity index (χ4n) is 3.79. The van der Waals surface area contributed by atoms with Crippen LogP contribution < -0.4 is 20.3 Å². The zero-order valence-corrected chi connectivity index (χ0v) is 22.8. The molecule has 0 bridgehead atoms. The SMILES string of the molecule is Cc1ccc2cccc(OCc3c(Cl)ccc(N(C)C(=O)CNC(=O)Nc4ccc(C(F)(F)F)cc4)c3Cl)c2n1. The molecule has 0 unspecified atom stereocenters. The minimum atomic E-state index is -4.49. The van der Waals surface area contributed by atoms with Crippen LogP contribution in [-0.4, -0.2) is 30.5 Å². The lowest BCUT2D eigenvalue weighted by Crippen LogP contribution is -2.40. The third-order valence-corrected chi connectivity index (χ3v) is 6.74. The highest BCUT2D eigenvalue weighted by molar-refractivity contribution is 6.38. The zero-order chi connectivity index (χ0) is 29.0. The molecule has 0 radical (unpaired) electrons. The van der Waals surface area contributed by atoms with E-state index in [4.69, 9.17) is 27.9 Å². The number of alkyl halides is 3. The second-order valence-corrected chi connectivity index (χ2v) is 9.55. The number of hydrogen-bond acceptors (Lipinski definition) is 4. The molecular weight excluding hydrogens is 568 g/mol. The molecule has 12 heteroatoms. The molecule has 7 nitrogen and oxygen atoms in total. The van der Waals surface area contributed by atoms with Crippen LogP contribution in [0.15, 0.2) is 66.7 Å². The van der Waals surface area contributed by atoms with Crippen molar-refractivity contribution in [2.45, 2.75) is 19.7 Å². The fourth-order valence-corrected chi connectivity index (χ4v) is 4.39. The van der Waals surface area contributed by atoms with Crippen LogP contribution in [0, 0.1) is 6.92 Å². The zero-order valence-electron chi connectivity index (χ0n) is 21.3. The number of benzene rings is 3. The highest BCUT2D eigenvalue weighted by Crippen LogP contribution is 2.35. The first-order valence-corrected chi connectivity index (χ1v) is 12.6. The summed E-state index contributed by atoms with van der Waals surface area (Å²) in [7, 11) is 1.48. The van der Waals surface area contributed by atoms with Crippen LogP contribution in [-0.2, 0) is 17.6 Å². The van der Waals surface area contributed by atoms with Gasteiger partial charge in [0.2, 0.25) is 5.91 Å². The van der Waals surface area contributed by atoms with Crippen LogP contribution in [0.25, 0.3) is 10.9 Å². The van der Waals surface area contributed by atoms with Crippen LogP contribution in [0.5, 0.6) is 5.75 Å². The first-order valence-electron chi connectivity index (χ1n) is 11.9. The van der Waals surface area contributed by atoms with Gasteiger partial charge in [0.1, 0.15) is 17.9 Å². The quantitative estimate of drug-likeness (QED) is 0.238. The summed E-state index contributed by atoms with van der Waals surface area (Å²) in [6.07, 6.45) is -4.49. The minimum Gasteiger partial charge on any atom is -0.487 e. The molecule has 4 rings (SSSR count). The third-order valence-electron chi connectivity index (χ3n) is 5.97. The van der Waals surface area contributed by atoms with Crippen molar-refractivity contribution < 1.29 is 27.5 Å². The van der Waals surface area contributed by atoms with E-state index in [0.29, 0.717) is 27.5 Å². The van der Waals surface area contributed by atoms with Gasteiger partial charge in [-0.2, -0.15) is 13.2 Å². The van der Waals surface area contributed by atoms with Gasteiger partial charge in [-0.3, -0.25) is 4.79 Å². The molecule has 1 heterocycles. The van der Waals surface area contributed by atoms with Gasteiger partial charge in [0.15, 0.2) is 0 Å². The number of ether oxygens (including phenoxy) is 1. The number of para-hydroxylation sites is 1. The topological polar surface area (TPSA) is 83.6 Å². The molecule has 208 valence electrons. The Morgan fingerprint density at radius 1 is 1.00 bits per heavy atom. The lowest BCUT2D eigenvalue weighted by atomic mass is 10.1. The van der Waals surface area contributed by atoms with E-state index in [2.05, 4.69) is 15.6 Å². The van der Waals surface area contributed by atoms with Crippen molar-refractivity contribution in [3.8, 4) is 5.75 Å². The van der Waals surface area contributed by atoms with Crippen molar-refractivity contribution in [2.75, 3.05) is 23.8 Å². The molecule has 0 aliphatic carbocycles. The molecule has 3 amide bonds. The second-order valence-electron chi connectivity index (χ2n) is 8.76. The number of urea groups is 1. The van der Waals surface area contributed by atoms with Crippen LogP contribution in [0.4, 0.5) is 29.3 Å². The molecule has 0 aliphatic heterocycles. The van der Waals surface area contributed by atoms with E-state index in [1.165, 1.54) is 11.9 Å². The summed E-state index contributed by atoms with van der Waals surface area (Å²) in [4.78, 5) is 30.8. The number of rotatable bonds is 7. The first kappa shape index (κ1) is 29.0. The Kier molecular flexibility index (Phi) is 8.70.